The van der Waals surface area contributed by atoms with Crippen LogP contribution in [0.15, 0.2) is 40.6 Å². The summed E-state index contributed by atoms with van der Waals surface area (Å²) in [4.78, 5) is 0.319. The average molecular weight is 310 g/mol. The van der Waals surface area contributed by atoms with Crippen LogP contribution in [0, 0.1) is 12.3 Å². The van der Waals surface area contributed by atoms with Crippen LogP contribution in [0.25, 0.3) is 0 Å². The SMILES string of the molecule is Cc1ccc(S(=O)(=O)/C=C/CCCC(O)C(C)(C)C)cc1. The predicted molar refractivity (Wildman–Crippen MR) is 86.8 cm³/mol. The number of hydrogen-bond donors (Lipinski definition) is 1. The van der Waals surface area contributed by atoms with Crippen molar-refractivity contribution in [2.75, 3.05) is 0 Å². The summed E-state index contributed by atoms with van der Waals surface area (Å²) < 4.78 is 24.1. The molecule has 118 valence electrons. The van der Waals surface area contributed by atoms with Crippen molar-refractivity contribution in [3.8, 4) is 0 Å². The summed E-state index contributed by atoms with van der Waals surface area (Å²) in [6.45, 7) is 7.91. The molecule has 0 radical (unpaired) electrons. The molecule has 0 aliphatic heterocycles. The molecular formula is C17H26O3S. The number of aryl methyl sites for hydroxylation is 1. The summed E-state index contributed by atoms with van der Waals surface area (Å²) in [6, 6.07) is 6.83. The second-order valence-electron chi connectivity index (χ2n) is 6.54. The van der Waals surface area contributed by atoms with Crippen LogP contribution in [0.3, 0.4) is 0 Å². The van der Waals surface area contributed by atoms with E-state index in [-0.39, 0.29) is 11.5 Å². The van der Waals surface area contributed by atoms with Gasteiger partial charge in [-0.05, 0) is 43.7 Å². The lowest BCUT2D eigenvalue weighted by Gasteiger charge is -2.25. The Labute approximate surface area is 128 Å². The first-order chi connectivity index (χ1) is 9.63. The maximum Gasteiger partial charge on any atom is 0.199 e. The molecule has 1 N–H and O–H groups in total. The topological polar surface area (TPSA) is 54.4 Å². The van der Waals surface area contributed by atoms with E-state index in [4.69, 9.17) is 0 Å². The molecule has 4 heteroatoms. The lowest BCUT2D eigenvalue weighted by Crippen LogP contribution is -2.25. The van der Waals surface area contributed by atoms with Crippen molar-refractivity contribution in [2.24, 2.45) is 5.41 Å². The summed E-state index contributed by atoms with van der Waals surface area (Å²) in [5.74, 6) is 0. The minimum absolute atomic E-state index is 0.127. The molecule has 0 aliphatic carbocycles. The fourth-order valence-electron chi connectivity index (χ4n) is 1.86. The highest BCUT2D eigenvalue weighted by Crippen LogP contribution is 2.23. The first-order valence-electron chi connectivity index (χ1n) is 7.29. The number of rotatable bonds is 6. The Balaban J connectivity index is 2.51. The third-order valence-corrected chi connectivity index (χ3v) is 4.95. The molecule has 1 aromatic carbocycles. The molecule has 1 atom stereocenters. The second-order valence-corrected chi connectivity index (χ2v) is 8.38. The van der Waals surface area contributed by atoms with Crippen LogP contribution in [-0.4, -0.2) is 19.6 Å². The average Bonchev–Trinajstić information content (AvgIpc) is 2.37. The Kier molecular flexibility index (Phi) is 6.17. The Morgan fingerprint density at radius 2 is 1.76 bits per heavy atom. The van der Waals surface area contributed by atoms with Gasteiger partial charge in [-0.1, -0.05) is 44.5 Å². The van der Waals surface area contributed by atoms with E-state index in [9.17, 15) is 13.5 Å². The molecule has 0 heterocycles. The van der Waals surface area contributed by atoms with Crippen molar-refractivity contribution in [3.05, 3.63) is 41.3 Å². The standard InChI is InChI=1S/C17H26O3S/c1-14-9-11-15(12-10-14)21(19,20)13-7-5-6-8-16(18)17(2,3)4/h7,9-13,16,18H,5-6,8H2,1-4H3/b13-7+. The predicted octanol–water partition coefficient (Wildman–Crippen LogP) is 3.86. The lowest BCUT2D eigenvalue weighted by molar-refractivity contribution is 0.0542. The largest absolute Gasteiger partial charge is 0.393 e. The third-order valence-electron chi connectivity index (χ3n) is 3.47. The molecule has 0 aromatic heterocycles. The summed E-state index contributed by atoms with van der Waals surface area (Å²) in [5, 5.41) is 11.2. The lowest BCUT2D eigenvalue weighted by atomic mass is 9.86. The number of allylic oxidation sites excluding steroid dienone is 1. The number of aliphatic hydroxyl groups excluding tert-OH is 1. The molecule has 0 amide bonds. The van der Waals surface area contributed by atoms with Crippen LogP contribution < -0.4 is 0 Å². The zero-order chi connectivity index (χ0) is 16.1. The van der Waals surface area contributed by atoms with Crippen LogP contribution in [0.2, 0.25) is 0 Å². The van der Waals surface area contributed by atoms with Gasteiger partial charge in [0.05, 0.1) is 11.0 Å². The molecule has 0 fully saturated rings. The van der Waals surface area contributed by atoms with Gasteiger partial charge in [0.2, 0.25) is 0 Å². The van der Waals surface area contributed by atoms with Crippen molar-refractivity contribution < 1.29 is 13.5 Å². The molecule has 0 spiro atoms. The van der Waals surface area contributed by atoms with Crippen LogP contribution in [0.4, 0.5) is 0 Å². The Morgan fingerprint density at radius 1 is 1.19 bits per heavy atom. The zero-order valence-corrected chi connectivity index (χ0v) is 14.2. The molecule has 1 aromatic rings. The van der Waals surface area contributed by atoms with Gasteiger partial charge in [-0.25, -0.2) is 8.42 Å². The molecule has 0 saturated carbocycles. The highest BCUT2D eigenvalue weighted by Gasteiger charge is 2.20. The molecule has 21 heavy (non-hydrogen) atoms. The normalized spacial score (nSPS) is 14.5. The van der Waals surface area contributed by atoms with Crippen molar-refractivity contribution in [2.45, 2.75) is 58.0 Å². The maximum atomic E-state index is 12.1. The van der Waals surface area contributed by atoms with Gasteiger partial charge in [0.1, 0.15) is 0 Å². The first kappa shape index (κ1) is 17.9. The number of unbranched alkanes of at least 4 members (excludes halogenated alkanes) is 1. The fourth-order valence-corrected chi connectivity index (χ4v) is 2.93. The van der Waals surface area contributed by atoms with Crippen LogP contribution >= 0.6 is 0 Å². The molecule has 0 aliphatic rings. The molecule has 3 nitrogen and oxygen atoms in total. The van der Waals surface area contributed by atoms with Gasteiger partial charge >= 0.3 is 0 Å². The minimum atomic E-state index is -3.35. The molecule has 0 saturated heterocycles. The zero-order valence-electron chi connectivity index (χ0n) is 13.3. The highest BCUT2D eigenvalue weighted by molar-refractivity contribution is 7.94. The minimum Gasteiger partial charge on any atom is -0.393 e. The van der Waals surface area contributed by atoms with E-state index in [2.05, 4.69) is 0 Å². The van der Waals surface area contributed by atoms with Crippen molar-refractivity contribution in [1.29, 1.82) is 0 Å². The van der Waals surface area contributed by atoms with Crippen molar-refractivity contribution >= 4 is 9.84 Å². The summed E-state index contributed by atoms with van der Waals surface area (Å²) in [7, 11) is -3.35. The second kappa shape index (κ2) is 7.23. The first-order valence-corrected chi connectivity index (χ1v) is 8.84. The maximum absolute atomic E-state index is 12.1. The Hall–Kier alpha value is -1.13. The van der Waals surface area contributed by atoms with E-state index in [0.717, 1.165) is 12.0 Å². The van der Waals surface area contributed by atoms with Gasteiger partial charge in [0.15, 0.2) is 9.84 Å². The van der Waals surface area contributed by atoms with Gasteiger partial charge in [-0.2, -0.15) is 0 Å². The number of aliphatic hydroxyl groups is 1. The smallest absolute Gasteiger partial charge is 0.199 e. The Morgan fingerprint density at radius 3 is 2.29 bits per heavy atom. The van der Waals surface area contributed by atoms with Crippen molar-refractivity contribution in [3.63, 3.8) is 0 Å². The van der Waals surface area contributed by atoms with E-state index in [1.165, 1.54) is 5.41 Å². The van der Waals surface area contributed by atoms with Crippen molar-refractivity contribution in [1.82, 2.24) is 0 Å². The Bertz CT molecular complexity index is 563. The number of hydrogen-bond acceptors (Lipinski definition) is 3. The van der Waals surface area contributed by atoms with E-state index < -0.39 is 9.84 Å². The molecule has 0 bridgehead atoms. The van der Waals surface area contributed by atoms with Crippen LogP contribution in [0.1, 0.15) is 45.6 Å². The van der Waals surface area contributed by atoms with E-state index in [1.54, 1.807) is 30.3 Å². The van der Waals surface area contributed by atoms with Gasteiger partial charge in [-0.3, -0.25) is 0 Å². The van der Waals surface area contributed by atoms with Gasteiger partial charge in [0.25, 0.3) is 0 Å². The number of sulfone groups is 1. The van der Waals surface area contributed by atoms with Gasteiger partial charge in [0, 0.05) is 5.41 Å². The molecular weight excluding hydrogens is 284 g/mol. The van der Waals surface area contributed by atoms with Gasteiger partial charge < -0.3 is 5.11 Å². The van der Waals surface area contributed by atoms with E-state index in [1.807, 2.05) is 27.7 Å². The molecule has 1 rings (SSSR count). The summed E-state index contributed by atoms with van der Waals surface area (Å²) in [5.41, 5.74) is 0.909. The van der Waals surface area contributed by atoms with Gasteiger partial charge in [-0.15, -0.1) is 0 Å². The quantitative estimate of drug-likeness (QED) is 0.812. The summed E-state index contributed by atoms with van der Waals surface area (Å²) >= 11 is 0. The highest BCUT2D eigenvalue weighted by atomic mass is 32.2. The number of benzene rings is 1. The van der Waals surface area contributed by atoms with E-state index in [0.29, 0.717) is 17.7 Å². The summed E-state index contributed by atoms with van der Waals surface area (Å²) in [6.07, 6.45) is 3.42. The fraction of sp³-hybridized carbons (Fsp3) is 0.529. The van der Waals surface area contributed by atoms with E-state index >= 15 is 0 Å². The van der Waals surface area contributed by atoms with Crippen LogP contribution in [-0.2, 0) is 9.84 Å². The third kappa shape index (κ3) is 6.02. The molecule has 1 unspecified atom stereocenters. The van der Waals surface area contributed by atoms with Crippen LogP contribution in [0.5, 0.6) is 0 Å². The monoisotopic (exact) mass is 310 g/mol.